The number of rotatable bonds is 13. The van der Waals surface area contributed by atoms with E-state index in [1.807, 2.05) is 0 Å². The molecule has 0 heterocycles. The zero-order valence-electron chi connectivity index (χ0n) is 11.0. The third-order valence-electron chi connectivity index (χ3n) is 2.10. The van der Waals surface area contributed by atoms with Gasteiger partial charge in [0.05, 0.1) is 46.2 Å². The van der Waals surface area contributed by atoms with Crippen LogP contribution in [0.1, 0.15) is 0 Å². The van der Waals surface area contributed by atoms with Gasteiger partial charge in [0.2, 0.25) is 0 Å². The van der Waals surface area contributed by atoms with E-state index >= 15 is 0 Å². The minimum absolute atomic E-state index is 0.0551. The molecule has 0 rings (SSSR count). The second kappa shape index (κ2) is 12.5. The van der Waals surface area contributed by atoms with Crippen LogP contribution in [-0.4, -0.2) is 85.0 Å². The number of aliphatic hydroxyl groups excluding tert-OH is 4. The first kappa shape index (κ1) is 18.5. The van der Waals surface area contributed by atoms with E-state index in [1.165, 1.54) is 0 Å². The molecule has 0 aliphatic rings. The average molecular weight is 280 g/mol. The van der Waals surface area contributed by atoms with Crippen LogP contribution < -0.4 is 0 Å². The monoisotopic (exact) mass is 280 g/mol. The molecule has 0 aliphatic carbocycles. The SMILES string of the molecule is C=CCOCC(O)COCC(CO)OCC(O)CO. The van der Waals surface area contributed by atoms with Crippen LogP contribution in [0.25, 0.3) is 0 Å². The third-order valence-corrected chi connectivity index (χ3v) is 2.10. The van der Waals surface area contributed by atoms with Gasteiger partial charge in [-0.15, -0.1) is 6.58 Å². The molecule has 7 nitrogen and oxygen atoms in total. The lowest BCUT2D eigenvalue weighted by molar-refractivity contribution is -0.0897. The van der Waals surface area contributed by atoms with E-state index in [0.717, 1.165) is 0 Å². The van der Waals surface area contributed by atoms with Crippen molar-refractivity contribution in [1.82, 2.24) is 0 Å². The summed E-state index contributed by atoms with van der Waals surface area (Å²) in [5.41, 5.74) is 0. The molecule has 0 aromatic carbocycles. The van der Waals surface area contributed by atoms with Crippen LogP contribution in [0.4, 0.5) is 0 Å². The van der Waals surface area contributed by atoms with E-state index in [4.69, 9.17) is 29.5 Å². The van der Waals surface area contributed by atoms with Crippen LogP contribution in [0.5, 0.6) is 0 Å². The predicted molar refractivity (Wildman–Crippen MR) is 67.8 cm³/mol. The largest absolute Gasteiger partial charge is 0.394 e. The van der Waals surface area contributed by atoms with Gasteiger partial charge in [-0.1, -0.05) is 6.08 Å². The highest BCUT2D eigenvalue weighted by Gasteiger charge is 2.12. The van der Waals surface area contributed by atoms with E-state index in [9.17, 15) is 5.11 Å². The second-order valence-corrected chi connectivity index (χ2v) is 3.99. The first-order chi connectivity index (χ1) is 9.13. The van der Waals surface area contributed by atoms with Crippen molar-refractivity contribution in [2.75, 3.05) is 46.2 Å². The maximum atomic E-state index is 9.46. The lowest BCUT2D eigenvalue weighted by Crippen LogP contribution is -2.31. The summed E-state index contributed by atoms with van der Waals surface area (Å²) in [6, 6.07) is 0. The van der Waals surface area contributed by atoms with E-state index < -0.39 is 24.9 Å². The summed E-state index contributed by atoms with van der Waals surface area (Å²) in [5, 5.41) is 36.1. The molecule has 19 heavy (non-hydrogen) atoms. The van der Waals surface area contributed by atoms with Gasteiger partial charge >= 0.3 is 0 Å². The highest BCUT2D eigenvalue weighted by molar-refractivity contribution is 4.65. The highest BCUT2D eigenvalue weighted by atomic mass is 16.6. The molecule has 0 saturated heterocycles. The minimum atomic E-state index is -0.980. The molecule has 0 spiro atoms. The Morgan fingerprint density at radius 3 is 2.16 bits per heavy atom. The van der Waals surface area contributed by atoms with Crippen molar-refractivity contribution in [3.63, 3.8) is 0 Å². The van der Waals surface area contributed by atoms with Crippen molar-refractivity contribution in [3.05, 3.63) is 12.7 Å². The van der Waals surface area contributed by atoms with Crippen molar-refractivity contribution in [3.8, 4) is 0 Å². The molecular weight excluding hydrogens is 256 g/mol. The van der Waals surface area contributed by atoms with Crippen LogP contribution in [0.3, 0.4) is 0 Å². The first-order valence-corrected chi connectivity index (χ1v) is 6.09. The zero-order chi connectivity index (χ0) is 14.5. The van der Waals surface area contributed by atoms with Crippen molar-refractivity contribution >= 4 is 0 Å². The van der Waals surface area contributed by atoms with Crippen LogP contribution >= 0.6 is 0 Å². The number of ether oxygens (including phenoxy) is 3. The first-order valence-electron chi connectivity index (χ1n) is 6.09. The van der Waals surface area contributed by atoms with Gasteiger partial charge in [-0.3, -0.25) is 0 Å². The van der Waals surface area contributed by atoms with E-state index in [2.05, 4.69) is 6.58 Å². The van der Waals surface area contributed by atoms with Gasteiger partial charge in [-0.2, -0.15) is 0 Å². The Labute approximate surface area is 113 Å². The zero-order valence-corrected chi connectivity index (χ0v) is 11.0. The number of aliphatic hydroxyl groups is 4. The summed E-state index contributed by atoms with van der Waals surface area (Å²) in [6.45, 7) is 3.34. The molecule has 0 aliphatic heterocycles. The molecule has 0 radical (unpaired) electrons. The number of hydrogen-bond acceptors (Lipinski definition) is 7. The normalized spacial score (nSPS) is 16.0. The summed E-state index contributed by atoms with van der Waals surface area (Å²) in [6.07, 6.45) is -0.771. The second-order valence-electron chi connectivity index (χ2n) is 3.99. The summed E-state index contributed by atoms with van der Waals surface area (Å²) in [4.78, 5) is 0. The summed E-state index contributed by atoms with van der Waals surface area (Å²) >= 11 is 0. The molecule has 0 amide bonds. The van der Waals surface area contributed by atoms with Gasteiger partial charge in [0.25, 0.3) is 0 Å². The summed E-state index contributed by atoms with van der Waals surface area (Å²) < 4.78 is 15.3. The Kier molecular flexibility index (Phi) is 12.1. The van der Waals surface area contributed by atoms with Gasteiger partial charge < -0.3 is 34.6 Å². The van der Waals surface area contributed by atoms with Crippen LogP contribution in [0, 0.1) is 0 Å². The van der Waals surface area contributed by atoms with Crippen molar-refractivity contribution < 1.29 is 34.6 Å². The van der Waals surface area contributed by atoms with E-state index in [1.54, 1.807) is 6.08 Å². The topological polar surface area (TPSA) is 109 Å². The van der Waals surface area contributed by atoms with Gasteiger partial charge in [0, 0.05) is 0 Å². The quantitative estimate of drug-likeness (QED) is 0.235. The Hall–Kier alpha value is -0.540. The maximum absolute atomic E-state index is 9.46. The highest BCUT2D eigenvalue weighted by Crippen LogP contribution is 1.97. The van der Waals surface area contributed by atoms with Crippen LogP contribution in [0.15, 0.2) is 12.7 Å². The molecule has 114 valence electrons. The molecule has 0 aromatic heterocycles. The Balaban J connectivity index is 3.61. The van der Waals surface area contributed by atoms with E-state index in [0.29, 0.717) is 6.61 Å². The average Bonchev–Trinajstić information content (AvgIpc) is 2.42. The predicted octanol–water partition coefficient (Wildman–Crippen LogP) is -1.70. The smallest absolute Gasteiger partial charge is 0.104 e. The lowest BCUT2D eigenvalue weighted by atomic mass is 10.3. The molecule has 3 unspecified atom stereocenters. The fourth-order valence-corrected chi connectivity index (χ4v) is 1.12. The van der Waals surface area contributed by atoms with Gasteiger partial charge in [-0.25, -0.2) is 0 Å². The maximum Gasteiger partial charge on any atom is 0.104 e. The Morgan fingerprint density at radius 2 is 1.58 bits per heavy atom. The standard InChI is InChI=1S/C12H24O7/c1-2-3-17-6-11(16)7-18-9-12(5-14)19-8-10(15)4-13/h2,10-16H,1,3-9H2. The van der Waals surface area contributed by atoms with Crippen LogP contribution in [0.2, 0.25) is 0 Å². The Bertz CT molecular complexity index is 212. The fourth-order valence-electron chi connectivity index (χ4n) is 1.12. The van der Waals surface area contributed by atoms with Gasteiger partial charge in [0.15, 0.2) is 0 Å². The molecule has 0 bridgehead atoms. The fraction of sp³-hybridized carbons (Fsp3) is 0.833. The molecule has 0 fully saturated rings. The number of hydrogen-bond donors (Lipinski definition) is 4. The van der Waals surface area contributed by atoms with Crippen molar-refractivity contribution in [2.45, 2.75) is 18.3 Å². The van der Waals surface area contributed by atoms with Crippen molar-refractivity contribution in [1.29, 1.82) is 0 Å². The Morgan fingerprint density at radius 1 is 0.895 bits per heavy atom. The van der Waals surface area contributed by atoms with Crippen molar-refractivity contribution in [2.24, 2.45) is 0 Å². The summed E-state index contributed by atoms with van der Waals surface area (Å²) in [7, 11) is 0. The summed E-state index contributed by atoms with van der Waals surface area (Å²) in [5.74, 6) is 0. The van der Waals surface area contributed by atoms with E-state index in [-0.39, 0.29) is 33.0 Å². The molecule has 0 aromatic rings. The lowest BCUT2D eigenvalue weighted by Gasteiger charge is -2.18. The molecule has 3 atom stereocenters. The van der Waals surface area contributed by atoms with Gasteiger partial charge in [-0.05, 0) is 0 Å². The van der Waals surface area contributed by atoms with Crippen LogP contribution in [-0.2, 0) is 14.2 Å². The van der Waals surface area contributed by atoms with Gasteiger partial charge in [0.1, 0.15) is 18.3 Å². The molecule has 7 heteroatoms. The molecule has 4 N–H and O–H groups in total. The minimum Gasteiger partial charge on any atom is -0.394 e. The molecule has 0 saturated carbocycles. The third kappa shape index (κ3) is 11.0. The molecular formula is C12H24O7.